The molecule has 5 nitrogen and oxygen atoms in total. The molecule has 2 aromatic rings. The summed E-state index contributed by atoms with van der Waals surface area (Å²) in [7, 11) is 3.37. The molecule has 0 aliphatic carbocycles. The average Bonchev–Trinajstić information content (AvgIpc) is 2.98. The minimum Gasteiger partial charge on any atom is -0.497 e. The number of carbonyl (C=O) groups is 1. The molecular formula is C20H26N2O3. The maximum absolute atomic E-state index is 12.9. The van der Waals surface area contributed by atoms with E-state index in [-0.39, 0.29) is 5.91 Å². The average molecular weight is 342 g/mol. The number of rotatable bonds is 6. The normalized spacial score (nSPS) is 17.0. The summed E-state index contributed by atoms with van der Waals surface area (Å²) in [6, 6.07) is 11.9. The molecule has 3 rings (SSSR count). The van der Waals surface area contributed by atoms with Crippen molar-refractivity contribution in [2.75, 3.05) is 27.4 Å². The van der Waals surface area contributed by atoms with Crippen LogP contribution in [0.5, 0.6) is 5.75 Å². The summed E-state index contributed by atoms with van der Waals surface area (Å²) in [5.74, 6) is 1.35. The van der Waals surface area contributed by atoms with Gasteiger partial charge in [0.1, 0.15) is 5.75 Å². The van der Waals surface area contributed by atoms with E-state index in [2.05, 4.69) is 22.9 Å². The number of nitrogens with zero attached hydrogens (tertiary/aromatic N) is 2. The third-order valence-electron chi connectivity index (χ3n) is 4.78. The smallest absolute Gasteiger partial charge is 0.227 e. The Morgan fingerprint density at radius 2 is 2.08 bits per heavy atom. The second kappa shape index (κ2) is 8.21. The highest BCUT2D eigenvalue weighted by molar-refractivity contribution is 5.79. The quantitative estimate of drug-likeness (QED) is 0.811. The van der Waals surface area contributed by atoms with Gasteiger partial charge in [-0.05, 0) is 42.2 Å². The number of benzene rings is 1. The third kappa shape index (κ3) is 4.42. The standard InChI is InChI=1S/C20H26N2O3/c1-24-10-8-17-13-21-9-4-6-18(21)15-22(14-17)20(23)12-16-5-3-7-19(11-16)25-2/h3-7,9,11,17H,8,10,12-15H2,1-2H3/t17-/m1/s1. The van der Waals surface area contributed by atoms with Gasteiger partial charge in [0.15, 0.2) is 0 Å². The summed E-state index contributed by atoms with van der Waals surface area (Å²) < 4.78 is 12.8. The predicted octanol–water partition coefficient (Wildman–Crippen LogP) is 2.73. The van der Waals surface area contributed by atoms with Gasteiger partial charge in [0.2, 0.25) is 5.91 Å². The number of carbonyl (C=O) groups excluding carboxylic acids is 1. The number of hydrogen-bond acceptors (Lipinski definition) is 3. The van der Waals surface area contributed by atoms with Crippen LogP contribution < -0.4 is 4.74 Å². The summed E-state index contributed by atoms with van der Waals surface area (Å²) in [6.45, 7) is 3.10. The van der Waals surface area contributed by atoms with Gasteiger partial charge in [0.05, 0.1) is 20.1 Å². The number of hydrogen-bond donors (Lipinski definition) is 0. The van der Waals surface area contributed by atoms with E-state index in [1.807, 2.05) is 29.2 Å². The van der Waals surface area contributed by atoms with E-state index >= 15 is 0 Å². The Hall–Kier alpha value is -2.27. The van der Waals surface area contributed by atoms with Crippen LogP contribution in [0.1, 0.15) is 17.7 Å². The number of methoxy groups -OCH3 is 2. The molecule has 0 bridgehead atoms. The molecule has 134 valence electrons. The van der Waals surface area contributed by atoms with Crippen molar-refractivity contribution < 1.29 is 14.3 Å². The fourth-order valence-corrected chi connectivity index (χ4v) is 3.40. The summed E-state index contributed by atoms with van der Waals surface area (Å²) in [5.41, 5.74) is 2.18. The first-order valence-corrected chi connectivity index (χ1v) is 8.73. The maximum Gasteiger partial charge on any atom is 0.227 e. The van der Waals surface area contributed by atoms with E-state index in [0.29, 0.717) is 18.9 Å². The molecule has 0 spiro atoms. The SMILES string of the molecule is COCC[C@H]1CN(C(=O)Cc2cccc(OC)c2)Cc2cccn2C1. The van der Waals surface area contributed by atoms with Crippen LogP contribution in [-0.2, 0) is 29.0 Å². The van der Waals surface area contributed by atoms with Crippen molar-refractivity contribution in [3.05, 3.63) is 53.9 Å². The number of aromatic nitrogens is 1. The van der Waals surface area contributed by atoms with Gasteiger partial charge in [0, 0.05) is 38.7 Å². The van der Waals surface area contributed by atoms with Gasteiger partial charge in [0.25, 0.3) is 0 Å². The molecule has 1 atom stereocenters. The Kier molecular flexibility index (Phi) is 5.76. The Morgan fingerprint density at radius 1 is 1.20 bits per heavy atom. The van der Waals surface area contributed by atoms with Gasteiger partial charge >= 0.3 is 0 Å². The van der Waals surface area contributed by atoms with Crippen LogP contribution in [0.4, 0.5) is 0 Å². The van der Waals surface area contributed by atoms with Crippen molar-refractivity contribution in [1.29, 1.82) is 0 Å². The second-order valence-electron chi connectivity index (χ2n) is 6.60. The van der Waals surface area contributed by atoms with Crippen molar-refractivity contribution in [3.8, 4) is 5.75 Å². The Labute approximate surface area is 149 Å². The Bertz CT molecular complexity index is 710. The number of ether oxygens (including phenoxy) is 2. The molecule has 1 aliphatic heterocycles. The molecule has 0 N–H and O–H groups in total. The molecule has 2 heterocycles. The molecular weight excluding hydrogens is 316 g/mol. The van der Waals surface area contributed by atoms with Crippen molar-refractivity contribution in [3.63, 3.8) is 0 Å². The summed E-state index contributed by atoms with van der Waals surface area (Å²) in [6.07, 6.45) is 3.46. The van der Waals surface area contributed by atoms with E-state index in [1.165, 1.54) is 5.69 Å². The molecule has 25 heavy (non-hydrogen) atoms. The molecule has 0 unspecified atom stereocenters. The van der Waals surface area contributed by atoms with E-state index in [1.54, 1.807) is 14.2 Å². The van der Waals surface area contributed by atoms with Gasteiger partial charge in [-0.1, -0.05) is 12.1 Å². The van der Waals surface area contributed by atoms with Crippen LogP contribution in [0, 0.1) is 5.92 Å². The fraction of sp³-hybridized carbons (Fsp3) is 0.450. The van der Waals surface area contributed by atoms with Crippen molar-refractivity contribution in [2.45, 2.75) is 25.9 Å². The molecule has 0 fully saturated rings. The van der Waals surface area contributed by atoms with Crippen LogP contribution >= 0.6 is 0 Å². The molecule has 1 aromatic heterocycles. The van der Waals surface area contributed by atoms with Crippen molar-refractivity contribution in [2.24, 2.45) is 5.92 Å². The lowest BCUT2D eigenvalue weighted by molar-refractivity contribution is -0.131. The topological polar surface area (TPSA) is 43.7 Å². The van der Waals surface area contributed by atoms with Crippen LogP contribution in [0.2, 0.25) is 0 Å². The van der Waals surface area contributed by atoms with Crippen molar-refractivity contribution >= 4 is 5.91 Å². The van der Waals surface area contributed by atoms with E-state index in [4.69, 9.17) is 9.47 Å². The zero-order valence-corrected chi connectivity index (χ0v) is 15.0. The molecule has 0 radical (unpaired) electrons. The highest BCUT2D eigenvalue weighted by Gasteiger charge is 2.24. The molecule has 1 aromatic carbocycles. The van der Waals surface area contributed by atoms with E-state index < -0.39 is 0 Å². The van der Waals surface area contributed by atoms with E-state index in [0.717, 1.165) is 37.4 Å². The van der Waals surface area contributed by atoms with Crippen LogP contribution in [0.15, 0.2) is 42.6 Å². The Balaban J connectivity index is 1.73. The third-order valence-corrected chi connectivity index (χ3v) is 4.78. The lowest BCUT2D eigenvalue weighted by Gasteiger charge is -2.24. The molecule has 1 amide bonds. The first kappa shape index (κ1) is 17.5. The summed E-state index contributed by atoms with van der Waals surface area (Å²) in [4.78, 5) is 14.9. The number of fused-ring (bicyclic) bond motifs is 1. The van der Waals surface area contributed by atoms with Gasteiger partial charge in [-0.15, -0.1) is 0 Å². The van der Waals surface area contributed by atoms with Crippen LogP contribution in [0.3, 0.4) is 0 Å². The lowest BCUT2D eigenvalue weighted by atomic mass is 10.0. The zero-order chi connectivity index (χ0) is 17.6. The zero-order valence-electron chi connectivity index (χ0n) is 15.0. The first-order valence-electron chi connectivity index (χ1n) is 8.73. The minimum atomic E-state index is 0.158. The van der Waals surface area contributed by atoms with Gasteiger partial charge < -0.3 is 18.9 Å². The van der Waals surface area contributed by atoms with Gasteiger partial charge in [-0.3, -0.25) is 4.79 Å². The summed E-state index contributed by atoms with van der Waals surface area (Å²) in [5, 5.41) is 0. The first-order chi connectivity index (χ1) is 12.2. The molecule has 0 saturated carbocycles. The second-order valence-corrected chi connectivity index (χ2v) is 6.60. The lowest BCUT2D eigenvalue weighted by Crippen LogP contribution is -2.35. The highest BCUT2D eigenvalue weighted by Crippen LogP contribution is 2.21. The molecule has 1 aliphatic rings. The van der Waals surface area contributed by atoms with E-state index in [9.17, 15) is 4.79 Å². The molecule has 5 heteroatoms. The largest absolute Gasteiger partial charge is 0.497 e. The van der Waals surface area contributed by atoms with Crippen LogP contribution in [0.25, 0.3) is 0 Å². The Morgan fingerprint density at radius 3 is 2.88 bits per heavy atom. The fourth-order valence-electron chi connectivity index (χ4n) is 3.40. The number of amides is 1. The highest BCUT2D eigenvalue weighted by atomic mass is 16.5. The van der Waals surface area contributed by atoms with Crippen LogP contribution in [-0.4, -0.2) is 42.7 Å². The molecule has 0 saturated heterocycles. The monoisotopic (exact) mass is 342 g/mol. The predicted molar refractivity (Wildman–Crippen MR) is 96.5 cm³/mol. The minimum absolute atomic E-state index is 0.158. The van der Waals surface area contributed by atoms with Crippen molar-refractivity contribution in [1.82, 2.24) is 9.47 Å². The van der Waals surface area contributed by atoms with Gasteiger partial charge in [-0.2, -0.15) is 0 Å². The summed E-state index contributed by atoms with van der Waals surface area (Å²) >= 11 is 0. The maximum atomic E-state index is 12.9. The van der Waals surface area contributed by atoms with Gasteiger partial charge in [-0.25, -0.2) is 0 Å².